The number of benzene rings is 1. The van der Waals surface area contributed by atoms with Gasteiger partial charge in [0.15, 0.2) is 6.10 Å². The Morgan fingerprint density at radius 1 is 1.27 bits per heavy atom. The van der Waals surface area contributed by atoms with Crippen molar-refractivity contribution < 1.29 is 19.4 Å². The zero-order chi connectivity index (χ0) is 16.3. The standard InChI is InChI=1S/C17H23NO4/c1-17(2,3)22-16(21)13-10-7-11-18(13)15(20)14(19)12-8-5-4-6-9-12/h4-6,8-9,13-14,19H,7,10-11H2,1-3H3/t13-,14?/m0/s1. The Labute approximate surface area is 130 Å². The summed E-state index contributed by atoms with van der Waals surface area (Å²) in [4.78, 5) is 26.2. The van der Waals surface area contributed by atoms with Gasteiger partial charge < -0.3 is 14.7 Å². The molecule has 1 saturated heterocycles. The molecule has 1 aliphatic heterocycles. The summed E-state index contributed by atoms with van der Waals surface area (Å²) in [6.45, 7) is 5.85. The van der Waals surface area contributed by atoms with Crippen LogP contribution in [-0.4, -0.2) is 40.1 Å². The number of carbonyl (C=O) groups excluding carboxylic acids is 2. The Morgan fingerprint density at radius 3 is 2.50 bits per heavy atom. The van der Waals surface area contributed by atoms with Crippen molar-refractivity contribution in [3.8, 4) is 0 Å². The van der Waals surface area contributed by atoms with Crippen LogP contribution in [0.1, 0.15) is 45.3 Å². The second kappa shape index (κ2) is 6.48. The molecule has 1 aromatic rings. The number of hydrogen-bond donors (Lipinski definition) is 1. The fourth-order valence-corrected chi connectivity index (χ4v) is 2.58. The molecule has 5 nitrogen and oxygen atoms in total. The summed E-state index contributed by atoms with van der Waals surface area (Å²) in [5, 5.41) is 10.2. The monoisotopic (exact) mass is 305 g/mol. The van der Waals surface area contributed by atoms with Gasteiger partial charge in [-0.2, -0.15) is 0 Å². The number of aliphatic hydroxyl groups excluding tert-OH is 1. The normalized spacial score (nSPS) is 19.8. The lowest BCUT2D eigenvalue weighted by atomic mass is 10.1. The first kappa shape index (κ1) is 16.5. The lowest BCUT2D eigenvalue weighted by Crippen LogP contribution is -2.45. The third kappa shape index (κ3) is 3.85. The fourth-order valence-electron chi connectivity index (χ4n) is 2.58. The Morgan fingerprint density at radius 2 is 1.91 bits per heavy atom. The van der Waals surface area contributed by atoms with Crippen molar-refractivity contribution in [2.45, 2.75) is 51.4 Å². The largest absolute Gasteiger partial charge is 0.458 e. The maximum atomic E-state index is 12.5. The van der Waals surface area contributed by atoms with Crippen LogP contribution in [0, 0.1) is 0 Å². The number of hydrogen-bond acceptors (Lipinski definition) is 4. The van der Waals surface area contributed by atoms with Crippen LogP contribution in [0.4, 0.5) is 0 Å². The fraction of sp³-hybridized carbons (Fsp3) is 0.529. The number of nitrogens with zero attached hydrogens (tertiary/aromatic N) is 1. The molecule has 0 spiro atoms. The Bertz CT molecular complexity index is 535. The van der Waals surface area contributed by atoms with Gasteiger partial charge in [0.1, 0.15) is 11.6 Å². The number of ether oxygens (including phenoxy) is 1. The highest BCUT2D eigenvalue weighted by Crippen LogP contribution is 2.25. The minimum atomic E-state index is -1.25. The molecule has 2 atom stereocenters. The van der Waals surface area contributed by atoms with Gasteiger partial charge >= 0.3 is 5.97 Å². The van der Waals surface area contributed by atoms with Gasteiger partial charge in [-0.3, -0.25) is 4.79 Å². The van der Waals surface area contributed by atoms with E-state index in [0.29, 0.717) is 18.5 Å². The van der Waals surface area contributed by atoms with Gasteiger partial charge in [-0.25, -0.2) is 4.79 Å². The summed E-state index contributed by atoms with van der Waals surface area (Å²) < 4.78 is 5.37. The number of carbonyl (C=O) groups is 2. The topological polar surface area (TPSA) is 66.8 Å². The van der Waals surface area contributed by atoms with Crippen LogP contribution in [-0.2, 0) is 14.3 Å². The highest BCUT2D eigenvalue weighted by Gasteiger charge is 2.39. The first-order valence-electron chi connectivity index (χ1n) is 7.56. The smallest absolute Gasteiger partial charge is 0.329 e. The molecule has 0 saturated carbocycles. The number of aliphatic hydroxyl groups is 1. The van der Waals surface area contributed by atoms with E-state index in [4.69, 9.17) is 4.74 Å². The molecular formula is C17H23NO4. The molecular weight excluding hydrogens is 282 g/mol. The van der Waals surface area contributed by atoms with E-state index in [2.05, 4.69) is 0 Å². The Balaban J connectivity index is 2.10. The molecule has 1 unspecified atom stereocenters. The Kier molecular flexibility index (Phi) is 4.86. The van der Waals surface area contributed by atoms with Crippen LogP contribution in [0.3, 0.4) is 0 Å². The summed E-state index contributed by atoms with van der Waals surface area (Å²) in [6, 6.07) is 8.13. The van der Waals surface area contributed by atoms with E-state index in [0.717, 1.165) is 6.42 Å². The molecule has 0 bridgehead atoms. The molecule has 22 heavy (non-hydrogen) atoms. The highest BCUT2D eigenvalue weighted by atomic mass is 16.6. The van der Waals surface area contributed by atoms with E-state index in [9.17, 15) is 14.7 Å². The van der Waals surface area contributed by atoms with Gasteiger partial charge in [0.25, 0.3) is 5.91 Å². The van der Waals surface area contributed by atoms with E-state index in [1.165, 1.54) is 4.90 Å². The highest BCUT2D eigenvalue weighted by molar-refractivity contribution is 5.88. The molecule has 5 heteroatoms. The van der Waals surface area contributed by atoms with E-state index in [-0.39, 0.29) is 0 Å². The Hall–Kier alpha value is -1.88. The molecule has 1 N–H and O–H groups in total. The minimum absolute atomic E-state index is 0.404. The molecule has 2 rings (SSSR count). The van der Waals surface area contributed by atoms with Crippen molar-refractivity contribution >= 4 is 11.9 Å². The number of amides is 1. The first-order chi connectivity index (χ1) is 10.3. The summed E-state index contributed by atoms with van der Waals surface area (Å²) in [5.74, 6) is -0.849. The van der Waals surface area contributed by atoms with Crippen molar-refractivity contribution in [1.29, 1.82) is 0 Å². The average molecular weight is 305 g/mol. The summed E-state index contributed by atoms with van der Waals surface area (Å²) >= 11 is 0. The van der Waals surface area contributed by atoms with Gasteiger partial charge in [0.2, 0.25) is 0 Å². The van der Waals surface area contributed by atoms with Gasteiger partial charge in [-0.15, -0.1) is 0 Å². The third-order valence-electron chi connectivity index (χ3n) is 3.56. The number of esters is 1. The maximum Gasteiger partial charge on any atom is 0.329 e. The zero-order valence-corrected chi connectivity index (χ0v) is 13.3. The lowest BCUT2D eigenvalue weighted by Gasteiger charge is -2.28. The van der Waals surface area contributed by atoms with Gasteiger partial charge in [-0.05, 0) is 39.2 Å². The number of rotatable bonds is 3. The minimum Gasteiger partial charge on any atom is -0.458 e. The summed E-state index contributed by atoms with van der Waals surface area (Å²) in [6.07, 6.45) is 0.0588. The summed E-state index contributed by atoms with van der Waals surface area (Å²) in [7, 11) is 0. The van der Waals surface area contributed by atoms with Gasteiger partial charge in [0.05, 0.1) is 0 Å². The average Bonchev–Trinajstić information content (AvgIpc) is 2.94. The van der Waals surface area contributed by atoms with Crippen LogP contribution >= 0.6 is 0 Å². The summed E-state index contributed by atoms with van der Waals surface area (Å²) in [5.41, 5.74) is -0.0609. The van der Waals surface area contributed by atoms with Crippen LogP contribution in [0.25, 0.3) is 0 Å². The van der Waals surface area contributed by atoms with Crippen molar-refractivity contribution in [1.82, 2.24) is 4.90 Å². The predicted molar refractivity (Wildman–Crippen MR) is 82.0 cm³/mol. The third-order valence-corrected chi connectivity index (χ3v) is 3.56. The maximum absolute atomic E-state index is 12.5. The second-order valence-electron chi connectivity index (χ2n) is 6.54. The second-order valence-corrected chi connectivity index (χ2v) is 6.54. The molecule has 1 fully saturated rings. The van der Waals surface area contributed by atoms with Crippen LogP contribution in [0.2, 0.25) is 0 Å². The first-order valence-corrected chi connectivity index (χ1v) is 7.56. The molecule has 1 aromatic carbocycles. The van der Waals surface area contributed by atoms with Crippen LogP contribution in [0.15, 0.2) is 30.3 Å². The van der Waals surface area contributed by atoms with Crippen molar-refractivity contribution in [2.24, 2.45) is 0 Å². The van der Waals surface area contributed by atoms with Crippen molar-refractivity contribution in [2.75, 3.05) is 6.54 Å². The molecule has 1 heterocycles. The van der Waals surface area contributed by atoms with E-state index in [1.54, 1.807) is 45.0 Å². The molecule has 120 valence electrons. The van der Waals surface area contributed by atoms with Gasteiger partial charge in [-0.1, -0.05) is 30.3 Å². The van der Waals surface area contributed by atoms with E-state index < -0.39 is 29.6 Å². The predicted octanol–water partition coefficient (Wildman–Crippen LogP) is 2.05. The zero-order valence-electron chi connectivity index (χ0n) is 13.3. The molecule has 1 aliphatic rings. The number of likely N-dealkylation sites (tertiary alicyclic amines) is 1. The van der Waals surface area contributed by atoms with E-state index in [1.807, 2.05) is 6.07 Å². The molecule has 0 aromatic heterocycles. The quantitative estimate of drug-likeness (QED) is 0.868. The van der Waals surface area contributed by atoms with E-state index >= 15 is 0 Å². The SMILES string of the molecule is CC(C)(C)OC(=O)[C@@H]1CCCN1C(=O)C(O)c1ccccc1. The lowest BCUT2D eigenvalue weighted by molar-refractivity contribution is -0.164. The molecule has 1 amide bonds. The molecule has 0 radical (unpaired) electrons. The van der Waals surface area contributed by atoms with Crippen LogP contribution < -0.4 is 0 Å². The van der Waals surface area contributed by atoms with Crippen molar-refractivity contribution in [3.63, 3.8) is 0 Å². The van der Waals surface area contributed by atoms with Gasteiger partial charge in [0, 0.05) is 6.54 Å². The van der Waals surface area contributed by atoms with Crippen LogP contribution in [0.5, 0.6) is 0 Å². The van der Waals surface area contributed by atoms with Crippen molar-refractivity contribution in [3.05, 3.63) is 35.9 Å². The molecule has 0 aliphatic carbocycles.